The molecule has 1 aromatic rings. The van der Waals surface area contributed by atoms with Crippen molar-refractivity contribution in [2.75, 3.05) is 46.9 Å². The molecule has 2 unspecified atom stereocenters. The van der Waals surface area contributed by atoms with E-state index in [2.05, 4.69) is 50.9 Å². The zero-order valence-electron chi connectivity index (χ0n) is 16.7. The van der Waals surface area contributed by atoms with Gasteiger partial charge in [0.1, 0.15) is 0 Å². The van der Waals surface area contributed by atoms with Gasteiger partial charge < -0.3 is 20.3 Å². The van der Waals surface area contributed by atoms with Crippen LogP contribution >= 0.6 is 24.0 Å². The number of likely N-dealkylation sites (tertiary alicyclic amines) is 1. The molecule has 1 saturated heterocycles. The Balaban J connectivity index is 0.00000261. The van der Waals surface area contributed by atoms with E-state index >= 15 is 0 Å². The SMILES string of the molecule is CN=C(NCC1CC1c1ccccc1)NC1CCN(CCCOC)CC1.I. The molecule has 27 heavy (non-hydrogen) atoms. The Bertz CT molecular complexity index is 561. The molecule has 0 bridgehead atoms. The molecular formula is C21H35IN4O. The number of ether oxygens (including phenoxy) is 1. The van der Waals surface area contributed by atoms with Crippen molar-refractivity contribution in [3.05, 3.63) is 35.9 Å². The predicted octanol–water partition coefficient (Wildman–Crippen LogP) is 3.07. The maximum Gasteiger partial charge on any atom is 0.191 e. The van der Waals surface area contributed by atoms with E-state index in [1.54, 1.807) is 7.11 Å². The van der Waals surface area contributed by atoms with E-state index in [0.717, 1.165) is 57.0 Å². The summed E-state index contributed by atoms with van der Waals surface area (Å²) < 4.78 is 5.15. The molecule has 2 fully saturated rings. The summed E-state index contributed by atoms with van der Waals surface area (Å²) in [5.41, 5.74) is 1.48. The van der Waals surface area contributed by atoms with Crippen LogP contribution in [0.15, 0.2) is 35.3 Å². The van der Waals surface area contributed by atoms with E-state index in [9.17, 15) is 0 Å². The number of piperidine rings is 1. The van der Waals surface area contributed by atoms with Crippen LogP contribution in [-0.4, -0.2) is 63.8 Å². The minimum Gasteiger partial charge on any atom is -0.385 e. The highest BCUT2D eigenvalue weighted by Crippen LogP contribution is 2.46. The summed E-state index contributed by atoms with van der Waals surface area (Å²) in [4.78, 5) is 6.97. The van der Waals surface area contributed by atoms with Gasteiger partial charge in [0.25, 0.3) is 0 Å². The first kappa shape index (κ1) is 22.4. The molecule has 2 atom stereocenters. The second-order valence-electron chi connectivity index (χ2n) is 7.57. The molecule has 6 heteroatoms. The van der Waals surface area contributed by atoms with Gasteiger partial charge in [-0.3, -0.25) is 4.99 Å². The Morgan fingerprint density at radius 3 is 2.63 bits per heavy atom. The normalized spacial score (nSPS) is 23.6. The first-order valence-corrected chi connectivity index (χ1v) is 10.0. The number of halogens is 1. The molecule has 1 aliphatic carbocycles. The van der Waals surface area contributed by atoms with Crippen molar-refractivity contribution in [3.63, 3.8) is 0 Å². The summed E-state index contributed by atoms with van der Waals surface area (Å²) in [6, 6.07) is 11.4. The lowest BCUT2D eigenvalue weighted by Crippen LogP contribution is -2.49. The van der Waals surface area contributed by atoms with Crippen LogP contribution in [0.25, 0.3) is 0 Å². The van der Waals surface area contributed by atoms with Crippen LogP contribution < -0.4 is 10.6 Å². The van der Waals surface area contributed by atoms with Crippen LogP contribution in [0.2, 0.25) is 0 Å². The van der Waals surface area contributed by atoms with Crippen molar-refractivity contribution in [2.24, 2.45) is 10.9 Å². The highest BCUT2D eigenvalue weighted by atomic mass is 127. The van der Waals surface area contributed by atoms with E-state index < -0.39 is 0 Å². The van der Waals surface area contributed by atoms with Gasteiger partial charge in [0, 0.05) is 53.0 Å². The van der Waals surface area contributed by atoms with E-state index in [0.29, 0.717) is 6.04 Å². The highest BCUT2D eigenvalue weighted by molar-refractivity contribution is 14.0. The molecule has 0 amide bonds. The Morgan fingerprint density at radius 1 is 1.22 bits per heavy atom. The molecule has 0 radical (unpaired) electrons. The van der Waals surface area contributed by atoms with Gasteiger partial charge in [0.05, 0.1) is 0 Å². The Hall–Kier alpha value is -0.860. The topological polar surface area (TPSA) is 48.9 Å². The lowest BCUT2D eigenvalue weighted by molar-refractivity contribution is 0.155. The van der Waals surface area contributed by atoms with E-state index in [4.69, 9.17) is 4.74 Å². The lowest BCUT2D eigenvalue weighted by atomic mass is 10.1. The predicted molar refractivity (Wildman–Crippen MR) is 123 cm³/mol. The highest BCUT2D eigenvalue weighted by Gasteiger charge is 2.37. The van der Waals surface area contributed by atoms with Crippen molar-refractivity contribution in [1.82, 2.24) is 15.5 Å². The van der Waals surface area contributed by atoms with Gasteiger partial charge in [-0.2, -0.15) is 0 Å². The second-order valence-corrected chi connectivity index (χ2v) is 7.57. The minimum atomic E-state index is 0. The van der Waals surface area contributed by atoms with Gasteiger partial charge in [-0.1, -0.05) is 30.3 Å². The average Bonchev–Trinajstić information content (AvgIpc) is 3.47. The maximum absolute atomic E-state index is 5.15. The summed E-state index contributed by atoms with van der Waals surface area (Å²) in [6.45, 7) is 5.35. The van der Waals surface area contributed by atoms with Gasteiger partial charge in [-0.25, -0.2) is 0 Å². The maximum atomic E-state index is 5.15. The van der Waals surface area contributed by atoms with E-state index in [1.165, 1.54) is 24.8 Å². The number of guanidine groups is 1. The standard InChI is InChI=1S/C21H34N4O.HI/c1-22-21(23-16-18-15-20(18)17-7-4-3-5-8-17)24-19-9-12-25(13-10-19)11-6-14-26-2;/h3-5,7-8,18-20H,6,9-16H2,1-2H3,(H2,22,23,24);1H. The molecule has 1 saturated carbocycles. The molecule has 1 aromatic carbocycles. The average molecular weight is 486 g/mol. The third-order valence-electron chi connectivity index (χ3n) is 5.66. The lowest BCUT2D eigenvalue weighted by Gasteiger charge is -2.33. The summed E-state index contributed by atoms with van der Waals surface area (Å²) in [5, 5.41) is 7.16. The zero-order chi connectivity index (χ0) is 18.2. The number of rotatable bonds is 8. The number of hydrogen-bond donors (Lipinski definition) is 2. The van der Waals surface area contributed by atoms with Crippen molar-refractivity contribution < 1.29 is 4.74 Å². The van der Waals surface area contributed by atoms with Crippen LogP contribution in [-0.2, 0) is 4.74 Å². The number of aliphatic imine (C=N–C) groups is 1. The fourth-order valence-corrected chi connectivity index (χ4v) is 3.93. The molecule has 0 aromatic heterocycles. The Morgan fingerprint density at radius 2 is 1.96 bits per heavy atom. The number of nitrogens with one attached hydrogen (secondary N) is 2. The van der Waals surface area contributed by atoms with Crippen LogP contribution in [0.3, 0.4) is 0 Å². The quantitative estimate of drug-likeness (QED) is 0.257. The number of hydrogen-bond acceptors (Lipinski definition) is 3. The Labute approximate surface area is 181 Å². The molecule has 152 valence electrons. The van der Waals surface area contributed by atoms with Crippen molar-refractivity contribution >= 4 is 29.9 Å². The number of nitrogens with zero attached hydrogens (tertiary/aromatic N) is 2. The van der Waals surface area contributed by atoms with Gasteiger partial charge in [-0.05, 0) is 43.1 Å². The molecule has 2 N–H and O–H groups in total. The van der Waals surface area contributed by atoms with Crippen LogP contribution in [0.5, 0.6) is 0 Å². The van der Waals surface area contributed by atoms with Gasteiger partial charge in [-0.15, -0.1) is 24.0 Å². The van der Waals surface area contributed by atoms with Crippen LogP contribution in [0.1, 0.15) is 37.2 Å². The molecule has 2 aliphatic rings. The van der Waals surface area contributed by atoms with Crippen molar-refractivity contribution in [1.29, 1.82) is 0 Å². The van der Waals surface area contributed by atoms with Gasteiger partial charge in [0.15, 0.2) is 5.96 Å². The second kappa shape index (κ2) is 11.9. The molecule has 1 aliphatic heterocycles. The van der Waals surface area contributed by atoms with E-state index in [-0.39, 0.29) is 24.0 Å². The molecule has 3 rings (SSSR count). The summed E-state index contributed by atoms with van der Waals surface area (Å²) >= 11 is 0. The van der Waals surface area contributed by atoms with Gasteiger partial charge in [0.2, 0.25) is 0 Å². The molecule has 0 spiro atoms. The Kier molecular flexibility index (Phi) is 9.86. The third kappa shape index (κ3) is 7.23. The van der Waals surface area contributed by atoms with Crippen molar-refractivity contribution in [2.45, 2.75) is 37.6 Å². The van der Waals surface area contributed by atoms with Crippen molar-refractivity contribution in [3.8, 4) is 0 Å². The molecular weight excluding hydrogens is 451 g/mol. The number of benzene rings is 1. The molecule has 5 nitrogen and oxygen atoms in total. The summed E-state index contributed by atoms with van der Waals surface area (Å²) in [6.07, 6.45) is 4.78. The fraction of sp³-hybridized carbons (Fsp3) is 0.667. The van der Waals surface area contributed by atoms with Gasteiger partial charge >= 0.3 is 0 Å². The number of methoxy groups -OCH3 is 1. The van der Waals surface area contributed by atoms with Crippen LogP contribution in [0, 0.1) is 5.92 Å². The first-order chi connectivity index (χ1) is 12.8. The monoisotopic (exact) mass is 486 g/mol. The zero-order valence-corrected chi connectivity index (χ0v) is 19.0. The molecule has 1 heterocycles. The largest absolute Gasteiger partial charge is 0.385 e. The smallest absolute Gasteiger partial charge is 0.191 e. The third-order valence-corrected chi connectivity index (χ3v) is 5.66. The first-order valence-electron chi connectivity index (χ1n) is 10.0. The summed E-state index contributed by atoms with van der Waals surface area (Å²) in [7, 11) is 3.65. The van der Waals surface area contributed by atoms with Crippen LogP contribution in [0.4, 0.5) is 0 Å². The summed E-state index contributed by atoms with van der Waals surface area (Å²) in [5.74, 6) is 2.41. The van der Waals surface area contributed by atoms with E-state index in [1.807, 2.05) is 7.05 Å². The minimum absolute atomic E-state index is 0. The fourth-order valence-electron chi connectivity index (χ4n) is 3.93.